The van der Waals surface area contributed by atoms with Crippen LogP contribution in [0.5, 0.6) is 0 Å². The zero-order valence-electron chi connectivity index (χ0n) is 13.3. The van der Waals surface area contributed by atoms with Crippen LogP contribution in [0, 0.1) is 5.41 Å². The molecular formula is C16H21N3O4. The number of aromatic carboxylic acids is 1. The van der Waals surface area contributed by atoms with Crippen molar-refractivity contribution < 1.29 is 19.5 Å². The van der Waals surface area contributed by atoms with Crippen molar-refractivity contribution in [2.24, 2.45) is 5.41 Å². The highest BCUT2D eigenvalue weighted by Crippen LogP contribution is 2.38. The van der Waals surface area contributed by atoms with Gasteiger partial charge in [0.2, 0.25) is 5.91 Å². The van der Waals surface area contributed by atoms with Gasteiger partial charge < -0.3 is 15.3 Å². The second-order valence-corrected chi connectivity index (χ2v) is 6.11. The first-order valence-electron chi connectivity index (χ1n) is 7.55. The predicted octanol–water partition coefficient (Wildman–Crippen LogP) is 1.16. The lowest BCUT2D eigenvalue weighted by Crippen LogP contribution is -2.46. The van der Waals surface area contributed by atoms with Crippen LogP contribution in [0.1, 0.15) is 46.5 Å². The molecule has 0 radical (unpaired) electrons. The summed E-state index contributed by atoms with van der Waals surface area (Å²) < 4.78 is 0. The summed E-state index contributed by atoms with van der Waals surface area (Å²) in [5.41, 5.74) is -0.370. The number of carbonyl (C=O) groups excluding carboxylic acids is 2. The van der Waals surface area contributed by atoms with Crippen LogP contribution in [0.25, 0.3) is 0 Å². The number of amides is 2. The van der Waals surface area contributed by atoms with Gasteiger partial charge in [-0.1, -0.05) is 12.8 Å². The molecule has 1 aromatic rings. The minimum atomic E-state index is -1.14. The molecule has 0 bridgehead atoms. The Balaban J connectivity index is 2.04. The van der Waals surface area contributed by atoms with E-state index in [-0.39, 0.29) is 29.6 Å². The van der Waals surface area contributed by atoms with Gasteiger partial charge in [-0.2, -0.15) is 0 Å². The van der Waals surface area contributed by atoms with Crippen LogP contribution in [0.2, 0.25) is 0 Å². The van der Waals surface area contributed by atoms with Gasteiger partial charge in [-0.15, -0.1) is 0 Å². The topological polar surface area (TPSA) is 99.6 Å². The van der Waals surface area contributed by atoms with Gasteiger partial charge in [0, 0.05) is 26.8 Å². The molecule has 0 atom stereocenters. The number of carbonyl (C=O) groups is 3. The van der Waals surface area contributed by atoms with Gasteiger partial charge in [0.1, 0.15) is 5.69 Å². The predicted molar refractivity (Wildman–Crippen MR) is 83.1 cm³/mol. The van der Waals surface area contributed by atoms with Gasteiger partial charge >= 0.3 is 5.97 Å². The van der Waals surface area contributed by atoms with Crippen LogP contribution < -0.4 is 5.32 Å². The summed E-state index contributed by atoms with van der Waals surface area (Å²) in [5.74, 6) is -1.46. The number of carboxylic acids is 1. The van der Waals surface area contributed by atoms with E-state index >= 15 is 0 Å². The summed E-state index contributed by atoms with van der Waals surface area (Å²) >= 11 is 0. The van der Waals surface area contributed by atoms with Crippen LogP contribution in [-0.2, 0) is 4.79 Å². The molecule has 0 saturated heterocycles. The SMILES string of the molecule is CN(C)C(=O)C1(CNC(=O)c2ccc(C(=O)O)nc2)CCCC1. The van der Waals surface area contributed by atoms with E-state index in [1.807, 2.05) is 0 Å². The van der Waals surface area contributed by atoms with Crippen molar-refractivity contribution in [1.29, 1.82) is 0 Å². The molecule has 124 valence electrons. The van der Waals surface area contributed by atoms with E-state index in [2.05, 4.69) is 10.3 Å². The fourth-order valence-electron chi connectivity index (χ4n) is 3.00. The zero-order valence-corrected chi connectivity index (χ0v) is 13.3. The maximum atomic E-state index is 12.4. The molecule has 1 aliphatic rings. The number of rotatable bonds is 5. The highest BCUT2D eigenvalue weighted by Gasteiger charge is 2.42. The molecule has 7 heteroatoms. The third-order valence-electron chi connectivity index (χ3n) is 4.25. The normalized spacial score (nSPS) is 15.9. The smallest absolute Gasteiger partial charge is 0.354 e. The van der Waals surface area contributed by atoms with Crippen LogP contribution in [-0.4, -0.2) is 53.4 Å². The van der Waals surface area contributed by atoms with Crippen molar-refractivity contribution >= 4 is 17.8 Å². The van der Waals surface area contributed by atoms with E-state index in [1.54, 1.807) is 19.0 Å². The van der Waals surface area contributed by atoms with E-state index in [0.717, 1.165) is 25.7 Å². The summed E-state index contributed by atoms with van der Waals surface area (Å²) in [6.07, 6.45) is 4.71. The molecule has 1 saturated carbocycles. The Hall–Kier alpha value is -2.44. The highest BCUT2D eigenvalue weighted by atomic mass is 16.4. The fraction of sp³-hybridized carbons (Fsp3) is 0.500. The Morgan fingerprint density at radius 2 is 1.91 bits per heavy atom. The first-order valence-corrected chi connectivity index (χ1v) is 7.55. The van der Waals surface area contributed by atoms with Crippen LogP contribution in [0.4, 0.5) is 0 Å². The highest BCUT2D eigenvalue weighted by molar-refractivity contribution is 5.95. The van der Waals surface area contributed by atoms with Gasteiger partial charge in [-0.25, -0.2) is 9.78 Å². The van der Waals surface area contributed by atoms with Gasteiger partial charge in [-0.05, 0) is 25.0 Å². The summed E-state index contributed by atoms with van der Waals surface area (Å²) in [5, 5.41) is 11.6. The number of carboxylic acid groups (broad SMARTS) is 1. The molecule has 1 aliphatic carbocycles. The van der Waals surface area contributed by atoms with Crippen molar-refractivity contribution in [3.8, 4) is 0 Å². The molecule has 0 spiro atoms. The monoisotopic (exact) mass is 319 g/mol. The van der Waals surface area contributed by atoms with E-state index in [9.17, 15) is 14.4 Å². The minimum absolute atomic E-state index is 0.0367. The lowest BCUT2D eigenvalue weighted by molar-refractivity contribution is -0.138. The third-order valence-corrected chi connectivity index (χ3v) is 4.25. The molecule has 0 aliphatic heterocycles. The van der Waals surface area contributed by atoms with Crippen LogP contribution in [0.3, 0.4) is 0 Å². The number of nitrogens with zero attached hydrogens (tertiary/aromatic N) is 2. The van der Waals surface area contributed by atoms with E-state index < -0.39 is 11.4 Å². The molecular weight excluding hydrogens is 298 g/mol. The second-order valence-electron chi connectivity index (χ2n) is 6.11. The van der Waals surface area contributed by atoms with Gasteiger partial charge in [-0.3, -0.25) is 9.59 Å². The van der Waals surface area contributed by atoms with Gasteiger partial charge in [0.15, 0.2) is 0 Å². The maximum Gasteiger partial charge on any atom is 0.354 e. The van der Waals surface area contributed by atoms with Gasteiger partial charge in [0.05, 0.1) is 11.0 Å². The standard InChI is InChI=1S/C16H21N3O4/c1-19(2)15(23)16(7-3-4-8-16)10-18-13(20)11-5-6-12(14(21)22)17-9-11/h5-6,9H,3-4,7-8,10H2,1-2H3,(H,18,20)(H,21,22). The Morgan fingerprint density at radius 3 is 2.39 bits per heavy atom. The summed E-state index contributed by atoms with van der Waals surface area (Å²) in [7, 11) is 3.44. The number of aromatic nitrogens is 1. The molecule has 2 N–H and O–H groups in total. The van der Waals surface area contributed by atoms with E-state index in [1.165, 1.54) is 18.3 Å². The Bertz CT molecular complexity index is 604. The molecule has 1 heterocycles. The molecule has 1 aromatic heterocycles. The first-order chi connectivity index (χ1) is 10.9. The van der Waals surface area contributed by atoms with Crippen LogP contribution >= 0.6 is 0 Å². The number of pyridine rings is 1. The number of nitrogens with one attached hydrogen (secondary N) is 1. The largest absolute Gasteiger partial charge is 0.477 e. The average Bonchev–Trinajstić information content (AvgIpc) is 3.02. The summed E-state index contributed by atoms with van der Waals surface area (Å²) in [4.78, 5) is 40.7. The Kier molecular flexibility index (Phi) is 4.98. The molecule has 2 amide bonds. The molecule has 2 rings (SSSR count). The second kappa shape index (κ2) is 6.76. The Labute approximate surface area is 134 Å². The fourth-order valence-corrected chi connectivity index (χ4v) is 3.00. The van der Waals surface area contributed by atoms with Crippen molar-refractivity contribution in [3.63, 3.8) is 0 Å². The minimum Gasteiger partial charge on any atom is -0.477 e. The zero-order chi connectivity index (χ0) is 17.0. The van der Waals surface area contributed by atoms with E-state index in [0.29, 0.717) is 0 Å². The molecule has 0 unspecified atom stereocenters. The molecule has 1 fully saturated rings. The molecule has 0 aromatic carbocycles. The number of hydrogen-bond donors (Lipinski definition) is 2. The maximum absolute atomic E-state index is 12.4. The van der Waals surface area contributed by atoms with E-state index in [4.69, 9.17) is 5.11 Å². The van der Waals surface area contributed by atoms with Gasteiger partial charge in [0.25, 0.3) is 5.91 Å². The summed E-state index contributed by atoms with van der Waals surface area (Å²) in [6, 6.07) is 2.70. The Morgan fingerprint density at radius 1 is 1.26 bits per heavy atom. The average molecular weight is 319 g/mol. The molecule has 7 nitrogen and oxygen atoms in total. The number of hydrogen-bond acceptors (Lipinski definition) is 4. The quantitative estimate of drug-likeness (QED) is 0.848. The lowest BCUT2D eigenvalue weighted by atomic mass is 9.84. The van der Waals surface area contributed by atoms with Crippen molar-refractivity contribution in [2.75, 3.05) is 20.6 Å². The molecule has 23 heavy (non-hydrogen) atoms. The van der Waals surface area contributed by atoms with Crippen molar-refractivity contribution in [2.45, 2.75) is 25.7 Å². The van der Waals surface area contributed by atoms with Crippen LogP contribution in [0.15, 0.2) is 18.3 Å². The first kappa shape index (κ1) is 16.9. The third kappa shape index (κ3) is 3.67. The van der Waals surface area contributed by atoms with Crippen molar-refractivity contribution in [3.05, 3.63) is 29.6 Å². The summed E-state index contributed by atoms with van der Waals surface area (Å²) in [6.45, 7) is 0.281. The van der Waals surface area contributed by atoms with Crippen molar-refractivity contribution in [1.82, 2.24) is 15.2 Å². The lowest BCUT2D eigenvalue weighted by Gasteiger charge is -2.30.